The molecule has 6 heteroatoms. The van der Waals surface area contributed by atoms with Gasteiger partial charge in [-0.05, 0) is 27.7 Å². The Morgan fingerprint density at radius 1 is 1.00 bits per heavy atom. The lowest BCUT2D eigenvalue weighted by atomic mass is 10.1. The zero-order chi connectivity index (χ0) is 13.1. The molecule has 0 aromatic heterocycles. The van der Waals surface area contributed by atoms with Crippen LogP contribution in [0.4, 0.5) is 0 Å². The number of ether oxygens (including phenoxy) is 5. The maximum absolute atomic E-state index is 11.7. The van der Waals surface area contributed by atoms with Crippen molar-refractivity contribution in [2.75, 3.05) is 6.61 Å². The molecule has 0 aromatic rings. The maximum atomic E-state index is 11.7. The molecule has 4 atom stereocenters. The number of carbonyl (C=O) groups is 1. The molecule has 0 bridgehead atoms. The molecule has 3 aliphatic heterocycles. The molecule has 0 N–H and O–H groups in total. The molecule has 18 heavy (non-hydrogen) atoms. The minimum atomic E-state index is -0.762. The van der Waals surface area contributed by atoms with E-state index in [1.54, 1.807) is 13.8 Å². The van der Waals surface area contributed by atoms with Crippen molar-refractivity contribution in [3.8, 4) is 0 Å². The van der Waals surface area contributed by atoms with Crippen LogP contribution in [0.3, 0.4) is 0 Å². The third-order valence-corrected chi connectivity index (χ3v) is 3.33. The molecule has 3 aliphatic rings. The van der Waals surface area contributed by atoms with Crippen LogP contribution in [-0.2, 0) is 28.5 Å². The van der Waals surface area contributed by atoms with Crippen LogP contribution in [0, 0.1) is 0 Å². The van der Waals surface area contributed by atoms with E-state index in [1.165, 1.54) is 0 Å². The zero-order valence-corrected chi connectivity index (χ0v) is 11.0. The Labute approximate surface area is 105 Å². The molecule has 0 spiro atoms. The van der Waals surface area contributed by atoms with E-state index >= 15 is 0 Å². The fourth-order valence-electron chi connectivity index (χ4n) is 2.64. The van der Waals surface area contributed by atoms with Gasteiger partial charge in [0, 0.05) is 0 Å². The quantitative estimate of drug-likeness (QED) is 0.641. The number of hydrogen-bond donors (Lipinski definition) is 0. The minimum absolute atomic E-state index is 0.309. The third kappa shape index (κ3) is 1.93. The summed E-state index contributed by atoms with van der Waals surface area (Å²) in [6.07, 6.45) is -1.85. The fraction of sp³-hybridized carbons (Fsp3) is 0.917. The van der Waals surface area contributed by atoms with Gasteiger partial charge in [-0.25, -0.2) is 4.79 Å². The highest BCUT2D eigenvalue weighted by atomic mass is 16.8. The number of cyclic esters (lactones) is 1. The summed E-state index contributed by atoms with van der Waals surface area (Å²) in [5.41, 5.74) is 0. The van der Waals surface area contributed by atoms with Crippen molar-refractivity contribution in [2.45, 2.75) is 63.7 Å². The summed E-state index contributed by atoms with van der Waals surface area (Å²) in [5.74, 6) is -1.80. The number of hydrogen-bond acceptors (Lipinski definition) is 6. The van der Waals surface area contributed by atoms with Gasteiger partial charge in [0.25, 0.3) is 0 Å². The number of rotatable bonds is 1. The summed E-state index contributed by atoms with van der Waals surface area (Å²) in [6, 6.07) is 0. The summed E-state index contributed by atoms with van der Waals surface area (Å²) >= 11 is 0. The Kier molecular flexibility index (Phi) is 2.51. The Hall–Kier alpha value is -0.690. The van der Waals surface area contributed by atoms with E-state index in [0.29, 0.717) is 6.61 Å². The second kappa shape index (κ2) is 3.66. The van der Waals surface area contributed by atoms with Gasteiger partial charge in [0.1, 0.15) is 12.2 Å². The third-order valence-electron chi connectivity index (χ3n) is 3.33. The second-order valence-corrected chi connectivity index (χ2v) is 5.79. The molecule has 0 aliphatic carbocycles. The van der Waals surface area contributed by atoms with E-state index in [9.17, 15) is 4.79 Å². The molecule has 6 nitrogen and oxygen atoms in total. The summed E-state index contributed by atoms with van der Waals surface area (Å²) in [4.78, 5) is 11.7. The first kappa shape index (κ1) is 12.3. The van der Waals surface area contributed by atoms with E-state index in [0.717, 1.165) is 0 Å². The van der Waals surface area contributed by atoms with E-state index in [4.69, 9.17) is 23.7 Å². The molecule has 102 valence electrons. The van der Waals surface area contributed by atoms with Crippen LogP contribution < -0.4 is 0 Å². The fourth-order valence-corrected chi connectivity index (χ4v) is 2.64. The highest BCUT2D eigenvalue weighted by molar-refractivity contribution is 5.78. The van der Waals surface area contributed by atoms with Crippen molar-refractivity contribution in [1.29, 1.82) is 0 Å². The minimum Gasteiger partial charge on any atom is -0.455 e. The second-order valence-electron chi connectivity index (χ2n) is 5.79. The van der Waals surface area contributed by atoms with Gasteiger partial charge in [-0.3, -0.25) is 0 Å². The monoisotopic (exact) mass is 258 g/mol. The number of fused-ring (bicyclic) bond motifs is 1. The van der Waals surface area contributed by atoms with Crippen molar-refractivity contribution < 1.29 is 28.5 Å². The lowest BCUT2D eigenvalue weighted by molar-refractivity contribution is -0.200. The largest absolute Gasteiger partial charge is 0.455 e. The van der Waals surface area contributed by atoms with Gasteiger partial charge in [-0.1, -0.05) is 0 Å². The van der Waals surface area contributed by atoms with Crippen molar-refractivity contribution >= 4 is 5.97 Å². The predicted octanol–water partition coefficient (Wildman–Crippen LogP) is 0.583. The van der Waals surface area contributed by atoms with E-state index < -0.39 is 29.9 Å². The van der Waals surface area contributed by atoms with Crippen LogP contribution >= 0.6 is 0 Å². The Morgan fingerprint density at radius 2 is 1.72 bits per heavy atom. The average molecular weight is 258 g/mol. The Morgan fingerprint density at radius 3 is 2.33 bits per heavy atom. The normalized spacial score (nSPS) is 45.0. The topological polar surface area (TPSA) is 63.2 Å². The van der Waals surface area contributed by atoms with Crippen LogP contribution in [0.5, 0.6) is 0 Å². The molecule has 3 fully saturated rings. The van der Waals surface area contributed by atoms with Crippen LogP contribution in [0.15, 0.2) is 0 Å². The molecule has 3 heterocycles. The number of carbonyl (C=O) groups excluding carboxylic acids is 1. The Balaban J connectivity index is 1.77. The van der Waals surface area contributed by atoms with Gasteiger partial charge in [0.15, 0.2) is 23.8 Å². The summed E-state index contributed by atoms with van der Waals surface area (Å²) in [6.45, 7) is 7.61. The molecule has 0 saturated carbocycles. The van der Waals surface area contributed by atoms with Gasteiger partial charge in [0.05, 0.1) is 6.61 Å². The van der Waals surface area contributed by atoms with E-state index in [-0.39, 0.29) is 12.1 Å². The van der Waals surface area contributed by atoms with E-state index in [2.05, 4.69) is 0 Å². The smallest absolute Gasteiger partial charge is 0.338 e. The first-order valence-electron chi connectivity index (χ1n) is 6.15. The summed E-state index contributed by atoms with van der Waals surface area (Å²) < 4.78 is 27.8. The van der Waals surface area contributed by atoms with Crippen LogP contribution in [-0.4, -0.2) is 48.6 Å². The molecule has 2 unspecified atom stereocenters. The predicted molar refractivity (Wildman–Crippen MR) is 58.6 cm³/mol. The van der Waals surface area contributed by atoms with Gasteiger partial charge in [-0.15, -0.1) is 0 Å². The SMILES string of the molecule is CC1(C)OCC([C@H]2OC(=O)C3OC(C)(C)O[C@@H]32)O1. The molecule has 0 aromatic carbocycles. The van der Waals surface area contributed by atoms with Crippen molar-refractivity contribution in [1.82, 2.24) is 0 Å². The maximum Gasteiger partial charge on any atom is 0.338 e. The van der Waals surface area contributed by atoms with Crippen molar-refractivity contribution in [3.05, 3.63) is 0 Å². The first-order valence-corrected chi connectivity index (χ1v) is 6.15. The van der Waals surface area contributed by atoms with Gasteiger partial charge in [0.2, 0.25) is 0 Å². The van der Waals surface area contributed by atoms with Crippen LogP contribution in [0.25, 0.3) is 0 Å². The molecule has 3 rings (SSSR count). The Bertz CT molecular complexity index is 377. The zero-order valence-electron chi connectivity index (χ0n) is 11.0. The highest BCUT2D eigenvalue weighted by Crippen LogP contribution is 2.39. The van der Waals surface area contributed by atoms with Gasteiger partial charge >= 0.3 is 5.97 Å². The summed E-state index contributed by atoms with van der Waals surface area (Å²) in [5, 5.41) is 0. The lowest BCUT2D eigenvalue weighted by Gasteiger charge is -2.25. The average Bonchev–Trinajstić information content (AvgIpc) is 2.81. The standard InChI is InChI=1S/C12H18O6/c1-11(2)14-5-6(16-11)7-8-9(10(13)15-7)18-12(3,4)17-8/h6-9H,5H2,1-4H3/t6?,7-,8-,9?/m1/s1. The highest BCUT2D eigenvalue weighted by Gasteiger charge is 2.59. The first-order chi connectivity index (χ1) is 8.27. The lowest BCUT2D eigenvalue weighted by Crippen LogP contribution is -2.40. The molecule has 0 amide bonds. The summed E-state index contributed by atoms with van der Waals surface area (Å²) in [7, 11) is 0. The number of esters is 1. The van der Waals surface area contributed by atoms with Crippen LogP contribution in [0.1, 0.15) is 27.7 Å². The molecular formula is C12H18O6. The van der Waals surface area contributed by atoms with Crippen molar-refractivity contribution in [3.63, 3.8) is 0 Å². The molecule has 0 radical (unpaired) electrons. The van der Waals surface area contributed by atoms with Crippen LogP contribution in [0.2, 0.25) is 0 Å². The van der Waals surface area contributed by atoms with E-state index in [1.807, 2.05) is 13.8 Å². The molecule has 3 saturated heterocycles. The van der Waals surface area contributed by atoms with Crippen molar-refractivity contribution in [2.24, 2.45) is 0 Å². The van der Waals surface area contributed by atoms with Gasteiger partial charge in [-0.2, -0.15) is 0 Å². The molecular weight excluding hydrogens is 240 g/mol. The van der Waals surface area contributed by atoms with Gasteiger partial charge < -0.3 is 23.7 Å².